The van der Waals surface area contributed by atoms with Crippen molar-refractivity contribution in [2.24, 2.45) is 0 Å². The van der Waals surface area contributed by atoms with Gasteiger partial charge in [0, 0.05) is 25.7 Å². The Morgan fingerprint density at radius 3 is 2.90 bits per heavy atom. The van der Waals surface area contributed by atoms with E-state index >= 15 is 0 Å². The van der Waals surface area contributed by atoms with Gasteiger partial charge in [0.25, 0.3) is 5.91 Å². The van der Waals surface area contributed by atoms with Gasteiger partial charge in [-0.1, -0.05) is 6.07 Å². The maximum atomic E-state index is 12.4. The van der Waals surface area contributed by atoms with Crippen LogP contribution in [0.3, 0.4) is 0 Å². The SMILES string of the molecule is COc1cccc(OC(C)C(=O)N2CCCNCC2)c1. The van der Waals surface area contributed by atoms with Crippen LogP contribution in [0, 0.1) is 0 Å². The molecule has 1 heterocycles. The van der Waals surface area contributed by atoms with E-state index in [2.05, 4.69) is 5.32 Å². The number of carbonyl (C=O) groups is 1. The quantitative estimate of drug-likeness (QED) is 0.901. The van der Waals surface area contributed by atoms with Crippen LogP contribution in [-0.4, -0.2) is 50.2 Å². The van der Waals surface area contributed by atoms with Gasteiger partial charge in [-0.3, -0.25) is 4.79 Å². The predicted octanol–water partition coefficient (Wildman–Crippen LogP) is 1.28. The molecule has 1 aliphatic rings. The first-order valence-corrected chi connectivity index (χ1v) is 7.01. The molecule has 0 radical (unpaired) electrons. The number of amides is 1. The average Bonchev–Trinajstić information content (AvgIpc) is 2.75. The van der Waals surface area contributed by atoms with Crippen molar-refractivity contribution in [2.45, 2.75) is 19.4 Å². The molecule has 20 heavy (non-hydrogen) atoms. The molecule has 0 spiro atoms. The number of hydrogen-bond donors (Lipinski definition) is 1. The second kappa shape index (κ2) is 7.14. The van der Waals surface area contributed by atoms with E-state index in [1.807, 2.05) is 23.1 Å². The van der Waals surface area contributed by atoms with Crippen LogP contribution >= 0.6 is 0 Å². The molecule has 0 bridgehead atoms. The minimum Gasteiger partial charge on any atom is -0.497 e. The smallest absolute Gasteiger partial charge is 0.263 e. The average molecular weight is 278 g/mol. The number of carbonyl (C=O) groups excluding carboxylic acids is 1. The van der Waals surface area contributed by atoms with Gasteiger partial charge in [-0.25, -0.2) is 0 Å². The molecule has 1 fully saturated rings. The van der Waals surface area contributed by atoms with Gasteiger partial charge in [0.05, 0.1) is 7.11 Å². The summed E-state index contributed by atoms with van der Waals surface area (Å²) < 4.78 is 10.9. The number of rotatable bonds is 4. The van der Waals surface area contributed by atoms with Crippen LogP contribution in [0.2, 0.25) is 0 Å². The minimum atomic E-state index is -0.486. The first kappa shape index (κ1) is 14.7. The van der Waals surface area contributed by atoms with Crippen LogP contribution in [-0.2, 0) is 4.79 Å². The summed E-state index contributed by atoms with van der Waals surface area (Å²) in [7, 11) is 1.61. The Hall–Kier alpha value is -1.75. The van der Waals surface area contributed by atoms with Gasteiger partial charge >= 0.3 is 0 Å². The summed E-state index contributed by atoms with van der Waals surface area (Å²) in [6.45, 7) is 5.13. The highest BCUT2D eigenvalue weighted by Gasteiger charge is 2.22. The fraction of sp³-hybridized carbons (Fsp3) is 0.533. The number of ether oxygens (including phenoxy) is 2. The van der Waals surface area contributed by atoms with Crippen molar-refractivity contribution in [3.63, 3.8) is 0 Å². The molecule has 2 rings (SSSR count). The van der Waals surface area contributed by atoms with E-state index in [0.717, 1.165) is 38.3 Å². The van der Waals surface area contributed by atoms with Crippen molar-refractivity contribution in [2.75, 3.05) is 33.3 Å². The number of nitrogens with zero attached hydrogens (tertiary/aromatic N) is 1. The highest BCUT2D eigenvalue weighted by molar-refractivity contribution is 5.81. The van der Waals surface area contributed by atoms with E-state index in [1.54, 1.807) is 20.1 Å². The van der Waals surface area contributed by atoms with Crippen molar-refractivity contribution in [3.8, 4) is 11.5 Å². The van der Waals surface area contributed by atoms with Gasteiger partial charge in [-0.05, 0) is 32.0 Å². The Morgan fingerprint density at radius 1 is 1.30 bits per heavy atom. The molecule has 1 saturated heterocycles. The van der Waals surface area contributed by atoms with Crippen LogP contribution in [0.1, 0.15) is 13.3 Å². The Labute approximate surface area is 119 Å². The fourth-order valence-electron chi connectivity index (χ4n) is 2.25. The Morgan fingerprint density at radius 2 is 2.10 bits per heavy atom. The van der Waals surface area contributed by atoms with Crippen molar-refractivity contribution in [3.05, 3.63) is 24.3 Å². The molecule has 0 aliphatic carbocycles. The molecule has 1 aromatic rings. The van der Waals surface area contributed by atoms with E-state index in [-0.39, 0.29) is 5.91 Å². The summed E-state index contributed by atoms with van der Waals surface area (Å²) in [4.78, 5) is 14.2. The number of benzene rings is 1. The fourth-order valence-corrected chi connectivity index (χ4v) is 2.25. The third-order valence-electron chi connectivity index (χ3n) is 3.35. The summed E-state index contributed by atoms with van der Waals surface area (Å²) in [6.07, 6.45) is 0.498. The maximum absolute atomic E-state index is 12.4. The zero-order valence-corrected chi connectivity index (χ0v) is 12.1. The number of hydrogen-bond acceptors (Lipinski definition) is 4. The molecule has 1 aliphatic heterocycles. The van der Waals surface area contributed by atoms with Crippen LogP contribution in [0.25, 0.3) is 0 Å². The van der Waals surface area contributed by atoms with E-state index in [4.69, 9.17) is 9.47 Å². The molecule has 1 atom stereocenters. The van der Waals surface area contributed by atoms with E-state index in [1.165, 1.54) is 0 Å². The Bertz CT molecular complexity index is 442. The molecule has 5 heteroatoms. The molecule has 1 unspecified atom stereocenters. The third-order valence-corrected chi connectivity index (χ3v) is 3.35. The molecule has 110 valence electrons. The summed E-state index contributed by atoms with van der Waals surface area (Å²) >= 11 is 0. The summed E-state index contributed by atoms with van der Waals surface area (Å²) in [5.41, 5.74) is 0. The second-order valence-electron chi connectivity index (χ2n) is 4.87. The van der Waals surface area contributed by atoms with E-state index in [9.17, 15) is 4.79 Å². The van der Waals surface area contributed by atoms with E-state index < -0.39 is 6.10 Å². The zero-order chi connectivity index (χ0) is 14.4. The zero-order valence-electron chi connectivity index (χ0n) is 12.1. The standard InChI is InChI=1S/C15H22N2O3/c1-12(15(18)17-9-4-7-16-8-10-17)20-14-6-3-5-13(11-14)19-2/h3,5-6,11-12,16H,4,7-10H2,1-2H3. The molecule has 1 N–H and O–H groups in total. The molecule has 1 aromatic carbocycles. The van der Waals surface area contributed by atoms with Crippen LogP contribution < -0.4 is 14.8 Å². The maximum Gasteiger partial charge on any atom is 0.263 e. The normalized spacial score (nSPS) is 17.2. The summed E-state index contributed by atoms with van der Waals surface area (Å²) in [6, 6.07) is 7.31. The first-order chi connectivity index (χ1) is 9.70. The second-order valence-corrected chi connectivity index (χ2v) is 4.87. The van der Waals surface area contributed by atoms with Gasteiger partial charge in [-0.15, -0.1) is 0 Å². The molecular weight excluding hydrogens is 256 g/mol. The first-order valence-electron chi connectivity index (χ1n) is 7.01. The molecular formula is C15H22N2O3. The summed E-state index contributed by atoms with van der Waals surface area (Å²) in [5.74, 6) is 1.41. The largest absolute Gasteiger partial charge is 0.497 e. The monoisotopic (exact) mass is 278 g/mol. The van der Waals surface area contributed by atoms with Gasteiger partial charge in [0.15, 0.2) is 6.10 Å². The number of nitrogens with one attached hydrogen (secondary N) is 1. The van der Waals surface area contributed by atoms with Gasteiger partial charge in [-0.2, -0.15) is 0 Å². The van der Waals surface area contributed by atoms with Crippen LogP contribution in [0.15, 0.2) is 24.3 Å². The lowest BCUT2D eigenvalue weighted by Crippen LogP contribution is -2.42. The number of methoxy groups -OCH3 is 1. The lowest BCUT2D eigenvalue weighted by Gasteiger charge is -2.24. The topological polar surface area (TPSA) is 50.8 Å². The van der Waals surface area contributed by atoms with E-state index in [0.29, 0.717) is 5.75 Å². The minimum absolute atomic E-state index is 0.0384. The highest BCUT2D eigenvalue weighted by Crippen LogP contribution is 2.20. The van der Waals surface area contributed by atoms with Crippen molar-refractivity contribution < 1.29 is 14.3 Å². The van der Waals surface area contributed by atoms with Gasteiger partial charge in [0.1, 0.15) is 11.5 Å². The predicted molar refractivity (Wildman–Crippen MR) is 77.2 cm³/mol. The lowest BCUT2D eigenvalue weighted by molar-refractivity contribution is -0.137. The molecule has 0 aromatic heterocycles. The highest BCUT2D eigenvalue weighted by atomic mass is 16.5. The molecule has 0 saturated carbocycles. The van der Waals surface area contributed by atoms with Gasteiger partial charge in [0.2, 0.25) is 0 Å². The van der Waals surface area contributed by atoms with Crippen LogP contribution in [0.4, 0.5) is 0 Å². The molecule has 1 amide bonds. The Balaban J connectivity index is 1.95. The third kappa shape index (κ3) is 3.87. The van der Waals surface area contributed by atoms with Gasteiger partial charge < -0.3 is 19.7 Å². The molecule has 5 nitrogen and oxygen atoms in total. The van der Waals surface area contributed by atoms with Crippen LogP contribution in [0.5, 0.6) is 11.5 Å². The summed E-state index contributed by atoms with van der Waals surface area (Å²) in [5, 5.41) is 3.28. The van der Waals surface area contributed by atoms with Crippen molar-refractivity contribution in [1.82, 2.24) is 10.2 Å². The van der Waals surface area contributed by atoms with Crippen molar-refractivity contribution in [1.29, 1.82) is 0 Å². The van der Waals surface area contributed by atoms with Crippen molar-refractivity contribution >= 4 is 5.91 Å². The lowest BCUT2D eigenvalue weighted by atomic mass is 10.3. The Kier molecular flexibility index (Phi) is 5.24.